The summed E-state index contributed by atoms with van der Waals surface area (Å²) in [6.07, 6.45) is 1.31. The number of hydrogen-bond acceptors (Lipinski definition) is 3. The predicted octanol–water partition coefficient (Wildman–Crippen LogP) is 4.13. The number of hydrogen-bond donors (Lipinski definition) is 1. The highest BCUT2D eigenvalue weighted by molar-refractivity contribution is 6.25. The summed E-state index contributed by atoms with van der Waals surface area (Å²) in [5.41, 5.74) is 2.59. The van der Waals surface area contributed by atoms with E-state index in [1.54, 1.807) is 16.8 Å². The van der Waals surface area contributed by atoms with Crippen molar-refractivity contribution in [3.8, 4) is 0 Å². The summed E-state index contributed by atoms with van der Waals surface area (Å²) in [5, 5.41) is 4.70. The molecule has 0 radical (unpaired) electrons. The van der Waals surface area contributed by atoms with Crippen molar-refractivity contribution >= 4 is 34.2 Å². The SMILES string of the molecule is CC[C@H](C(=O)NC)N(Cc1ccccc1)C(=O)CCCN1C(=O)c2cccc3cccc1c23. The molecule has 1 atom stereocenters. The Balaban J connectivity index is 1.47. The van der Waals surface area contributed by atoms with Crippen molar-refractivity contribution in [1.82, 2.24) is 10.2 Å². The summed E-state index contributed by atoms with van der Waals surface area (Å²) in [6, 6.07) is 20.8. The highest BCUT2D eigenvalue weighted by Gasteiger charge is 2.31. The lowest BCUT2D eigenvalue weighted by molar-refractivity contribution is -0.141. The summed E-state index contributed by atoms with van der Waals surface area (Å²) in [7, 11) is 1.59. The van der Waals surface area contributed by atoms with Crippen LogP contribution in [0.15, 0.2) is 66.7 Å². The number of likely N-dealkylation sites (N-methyl/N-ethyl adjacent to an activating group) is 1. The standard InChI is InChI=1S/C27H29N3O3/c1-3-22(26(32)28-2)30(18-19-10-5-4-6-11-19)24(31)16-9-17-29-23-15-8-13-20-12-7-14-21(25(20)23)27(29)33/h4-8,10-15,22H,3,9,16-18H2,1-2H3,(H,28,32)/t22-/m1/s1. The average molecular weight is 444 g/mol. The molecule has 3 amide bonds. The fourth-order valence-electron chi connectivity index (χ4n) is 4.60. The van der Waals surface area contributed by atoms with Crippen LogP contribution in [0.25, 0.3) is 10.8 Å². The molecule has 6 heteroatoms. The van der Waals surface area contributed by atoms with Crippen LogP contribution in [0.3, 0.4) is 0 Å². The fraction of sp³-hybridized carbons (Fsp3) is 0.296. The van der Waals surface area contributed by atoms with Gasteiger partial charge in [0.15, 0.2) is 0 Å². The van der Waals surface area contributed by atoms with Crippen LogP contribution in [0.5, 0.6) is 0 Å². The highest BCUT2D eigenvalue weighted by atomic mass is 16.2. The maximum Gasteiger partial charge on any atom is 0.258 e. The molecule has 0 saturated carbocycles. The van der Waals surface area contributed by atoms with E-state index in [9.17, 15) is 14.4 Å². The third-order valence-electron chi connectivity index (χ3n) is 6.25. The smallest absolute Gasteiger partial charge is 0.258 e. The quantitative estimate of drug-likeness (QED) is 0.541. The van der Waals surface area contributed by atoms with E-state index >= 15 is 0 Å². The van der Waals surface area contributed by atoms with Gasteiger partial charge in [0.25, 0.3) is 5.91 Å². The second-order valence-corrected chi connectivity index (χ2v) is 8.29. The molecule has 0 unspecified atom stereocenters. The normalized spacial score (nSPS) is 13.3. The Kier molecular flexibility index (Phi) is 6.73. The first-order chi connectivity index (χ1) is 16.0. The van der Waals surface area contributed by atoms with Gasteiger partial charge in [0, 0.05) is 37.5 Å². The van der Waals surface area contributed by atoms with Crippen molar-refractivity contribution < 1.29 is 14.4 Å². The van der Waals surface area contributed by atoms with Crippen LogP contribution in [-0.4, -0.2) is 42.3 Å². The maximum absolute atomic E-state index is 13.3. The molecule has 0 saturated heterocycles. The summed E-state index contributed by atoms with van der Waals surface area (Å²) in [4.78, 5) is 42.2. The number of nitrogens with one attached hydrogen (secondary N) is 1. The molecule has 1 aliphatic heterocycles. The molecule has 1 N–H and O–H groups in total. The van der Waals surface area contributed by atoms with E-state index in [0.717, 1.165) is 22.0 Å². The van der Waals surface area contributed by atoms with Crippen LogP contribution in [0.4, 0.5) is 5.69 Å². The monoisotopic (exact) mass is 443 g/mol. The Labute approximate surface area is 194 Å². The van der Waals surface area contributed by atoms with E-state index in [1.807, 2.05) is 73.7 Å². The van der Waals surface area contributed by atoms with Crippen molar-refractivity contribution in [3.63, 3.8) is 0 Å². The largest absolute Gasteiger partial charge is 0.357 e. The Bertz CT molecular complexity index is 1170. The third kappa shape index (κ3) is 4.46. The molecule has 1 aliphatic rings. The van der Waals surface area contributed by atoms with Crippen molar-refractivity contribution in [3.05, 3.63) is 77.9 Å². The minimum absolute atomic E-state index is 0.0211. The maximum atomic E-state index is 13.3. The average Bonchev–Trinajstić information content (AvgIpc) is 3.12. The van der Waals surface area contributed by atoms with Gasteiger partial charge in [-0.1, -0.05) is 61.5 Å². The Morgan fingerprint density at radius 3 is 2.42 bits per heavy atom. The first kappa shape index (κ1) is 22.5. The molecular weight excluding hydrogens is 414 g/mol. The second-order valence-electron chi connectivity index (χ2n) is 8.29. The predicted molar refractivity (Wildman–Crippen MR) is 130 cm³/mol. The van der Waals surface area contributed by atoms with Gasteiger partial charge in [0.2, 0.25) is 11.8 Å². The molecule has 170 valence electrons. The van der Waals surface area contributed by atoms with Gasteiger partial charge in [-0.2, -0.15) is 0 Å². The Hall–Kier alpha value is -3.67. The second kappa shape index (κ2) is 9.86. The molecule has 0 bridgehead atoms. The molecule has 3 aromatic carbocycles. The van der Waals surface area contributed by atoms with Crippen LogP contribution in [-0.2, 0) is 16.1 Å². The van der Waals surface area contributed by atoms with Crippen molar-refractivity contribution in [2.24, 2.45) is 0 Å². The fourth-order valence-corrected chi connectivity index (χ4v) is 4.60. The zero-order valence-corrected chi connectivity index (χ0v) is 19.1. The molecule has 0 aromatic heterocycles. The van der Waals surface area contributed by atoms with E-state index < -0.39 is 6.04 Å². The Morgan fingerprint density at radius 2 is 1.73 bits per heavy atom. The lowest BCUT2D eigenvalue weighted by Crippen LogP contribution is -2.48. The number of benzene rings is 3. The molecule has 4 rings (SSSR count). The lowest BCUT2D eigenvalue weighted by Gasteiger charge is -2.30. The van der Waals surface area contributed by atoms with Gasteiger partial charge >= 0.3 is 0 Å². The van der Waals surface area contributed by atoms with E-state index in [0.29, 0.717) is 31.5 Å². The van der Waals surface area contributed by atoms with Crippen molar-refractivity contribution in [2.45, 2.75) is 38.8 Å². The van der Waals surface area contributed by atoms with Crippen LogP contribution < -0.4 is 10.2 Å². The summed E-state index contributed by atoms with van der Waals surface area (Å²) in [6.45, 7) is 2.74. The minimum Gasteiger partial charge on any atom is -0.357 e. The lowest BCUT2D eigenvalue weighted by atomic mass is 10.1. The van der Waals surface area contributed by atoms with Crippen LogP contribution >= 0.6 is 0 Å². The number of amides is 3. The molecule has 33 heavy (non-hydrogen) atoms. The molecular formula is C27H29N3O3. The Morgan fingerprint density at radius 1 is 1.00 bits per heavy atom. The molecule has 1 heterocycles. The number of carbonyl (C=O) groups is 3. The van der Waals surface area contributed by atoms with E-state index in [4.69, 9.17) is 0 Å². The van der Waals surface area contributed by atoms with Crippen LogP contribution in [0, 0.1) is 0 Å². The van der Waals surface area contributed by atoms with Crippen LogP contribution in [0.1, 0.15) is 42.1 Å². The topological polar surface area (TPSA) is 69.7 Å². The van der Waals surface area contributed by atoms with Gasteiger partial charge in [-0.15, -0.1) is 0 Å². The van der Waals surface area contributed by atoms with E-state index in [1.165, 1.54) is 0 Å². The molecule has 0 spiro atoms. The number of carbonyl (C=O) groups excluding carboxylic acids is 3. The van der Waals surface area contributed by atoms with E-state index in [2.05, 4.69) is 5.32 Å². The molecule has 3 aromatic rings. The zero-order chi connectivity index (χ0) is 23.4. The van der Waals surface area contributed by atoms with Gasteiger partial charge in [-0.3, -0.25) is 14.4 Å². The van der Waals surface area contributed by atoms with Gasteiger partial charge in [0.1, 0.15) is 6.04 Å². The summed E-state index contributed by atoms with van der Waals surface area (Å²) < 4.78 is 0. The highest BCUT2D eigenvalue weighted by Crippen LogP contribution is 2.37. The van der Waals surface area contributed by atoms with Crippen LogP contribution in [0.2, 0.25) is 0 Å². The van der Waals surface area contributed by atoms with Crippen molar-refractivity contribution in [2.75, 3.05) is 18.5 Å². The zero-order valence-electron chi connectivity index (χ0n) is 19.1. The van der Waals surface area contributed by atoms with E-state index in [-0.39, 0.29) is 24.1 Å². The van der Waals surface area contributed by atoms with Gasteiger partial charge in [0.05, 0.1) is 5.69 Å². The summed E-state index contributed by atoms with van der Waals surface area (Å²) >= 11 is 0. The number of nitrogens with zero attached hydrogens (tertiary/aromatic N) is 2. The number of rotatable bonds is 9. The molecule has 0 aliphatic carbocycles. The number of anilines is 1. The molecule has 6 nitrogen and oxygen atoms in total. The van der Waals surface area contributed by atoms with Gasteiger partial charge in [-0.25, -0.2) is 0 Å². The third-order valence-corrected chi connectivity index (χ3v) is 6.25. The first-order valence-corrected chi connectivity index (χ1v) is 11.4. The molecule has 0 fully saturated rings. The summed E-state index contributed by atoms with van der Waals surface area (Å²) in [5.74, 6) is -0.275. The van der Waals surface area contributed by atoms with Gasteiger partial charge in [-0.05, 0) is 35.9 Å². The van der Waals surface area contributed by atoms with Crippen molar-refractivity contribution in [1.29, 1.82) is 0 Å². The van der Waals surface area contributed by atoms with Gasteiger partial charge < -0.3 is 15.1 Å². The first-order valence-electron chi connectivity index (χ1n) is 11.4. The minimum atomic E-state index is -0.533.